The molecule has 0 aliphatic rings. The zero-order chi connectivity index (χ0) is 18.0. The molecular formula is C19H18N2O4. The van der Waals surface area contributed by atoms with Crippen LogP contribution in [0.25, 0.3) is 18.3 Å². The zero-order valence-corrected chi connectivity index (χ0v) is 14.0. The molecule has 0 spiro atoms. The number of benzene rings is 1. The summed E-state index contributed by atoms with van der Waals surface area (Å²) >= 11 is 0. The molecule has 0 aliphatic carbocycles. The Hall–Kier alpha value is -3.28. The van der Waals surface area contributed by atoms with Crippen molar-refractivity contribution in [3.8, 4) is 5.69 Å². The average molecular weight is 338 g/mol. The number of hydrogen-bond donors (Lipinski definition) is 1. The van der Waals surface area contributed by atoms with Crippen molar-refractivity contribution in [1.29, 1.82) is 0 Å². The van der Waals surface area contributed by atoms with E-state index >= 15 is 0 Å². The number of nitrogens with zero attached hydrogens (tertiary/aromatic N) is 1. The highest BCUT2D eigenvalue weighted by atomic mass is 16.5. The Balaban J connectivity index is 2.01. The summed E-state index contributed by atoms with van der Waals surface area (Å²) in [6.45, 7) is 7.78. The average Bonchev–Trinajstić information content (AvgIpc) is 3.13. The van der Waals surface area contributed by atoms with Gasteiger partial charge in [0.15, 0.2) is 0 Å². The van der Waals surface area contributed by atoms with Crippen molar-refractivity contribution in [2.24, 2.45) is 0 Å². The van der Waals surface area contributed by atoms with Crippen LogP contribution < -0.4 is 16.1 Å². The van der Waals surface area contributed by atoms with Crippen LogP contribution in [-0.4, -0.2) is 22.4 Å². The van der Waals surface area contributed by atoms with Crippen LogP contribution in [-0.2, 0) is 4.74 Å². The first kappa shape index (κ1) is 16.6. The van der Waals surface area contributed by atoms with Gasteiger partial charge in [-0.1, -0.05) is 6.58 Å². The molecule has 6 nitrogen and oxygen atoms in total. The van der Waals surface area contributed by atoms with Crippen LogP contribution >= 0.6 is 0 Å². The van der Waals surface area contributed by atoms with E-state index in [1.807, 2.05) is 13.0 Å². The van der Waals surface area contributed by atoms with Crippen LogP contribution in [0.1, 0.15) is 28.8 Å². The van der Waals surface area contributed by atoms with Gasteiger partial charge in [0.2, 0.25) is 0 Å². The van der Waals surface area contributed by atoms with Crippen molar-refractivity contribution in [1.82, 2.24) is 9.78 Å². The van der Waals surface area contributed by atoms with Gasteiger partial charge in [0, 0.05) is 0 Å². The van der Waals surface area contributed by atoms with Gasteiger partial charge in [-0.25, -0.2) is 9.48 Å². The van der Waals surface area contributed by atoms with E-state index in [9.17, 15) is 9.59 Å². The summed E-state index contributed by atoms with van der Waals surface area (Å²) < 4.78 is 11.8. The molecule has 0 radical (unpaired) electrons. The van der Waals surface area contributed by atoms with E-state index in [0.29, 0.717) is 34.2 Å². The predicted octanol–water partition coefficient (Wildman–Crippen LogP) is 1.48. The summed E-state index contributed by atoms with van der Waals surface area (Å²) in [6, 6.07) is 10.2. The number of esters is 1. The Labute approximate surface area is 143 Å². The Kier molecular flexibility index (Phi) is 4.43. The molecule has 3 aromatic rings. The van der Waals surface area contributed by atoms with Crippen molar-refractivity contribution in [2.45, 2.75) is 13.8 Å². The first-order chi connectivity index (χ1) is 12.0. The van der Waals surface area contributed by atoms with Crippen molar-refractivity contribution < 1.29 is 13.9 Å². The summed E-state index contributed by atoms with van der Waals surface area (Å²) in [6.07, 6.45) is 1.65. The molecule has 0 unspecified atom stereocenters. The first-order valence-corrected chi connectivity index (χ1v) is 7.85. The number of rotatable bonds is 4. The lowest BCUT2D eigenvalue weighted by atomic mass is 10.2. The number of carbonyl (C=O) groups is 1. The molecule has 6 heteroatoms. The highest BCUT2D eigenvalue weighted by Gasteiger charge is 2.09. The lowest BCUT2D eigenvalue weighted by Crippen LogP contribution is -2.33. The molecule has 0 fully saturated rings. The van der Waals surface area contributed by atoms with E-state index < -0.39 is 5.97 Å². The minimum atomic E-state index is -0.395. The molecule has 0 saturated carbocycles. The topological polar surface area (TPSA) is 77.2 Å². The van der Waals surface area contributed by atoms with Gasteiger partial charge in [0.25, 0.3) is 5.56 Å². The number of hydrogen-bond acceptors (Lipinski definition) is 4. The predicted molar refractivity (Wildman–Crippen MR) is 94.1 cm³/mol. The van der Waals surface area contributed by atoms with Crippen molar-refractivity contribution in [2.75, 3.05) is 6.61 Å². The van der Waals surface area contributed by atoms with Crippen LogP contribution in [0.3, 0.4) is 0 Å². The molecule has 1 N–H and O–H groups in total. The number of aryl methyl sites for hydroxylation is 1. The lowest BCUT2D eigenvalue weighted by molar-refractivity contribution is 0.0526. The third-order valence-corrected chi connectivity index (χ3v) is 3.69. The van der Waals surface area contributed by atoms with E-state index in [2.05, 4.69) is 11.7 Å². The van der Waals surface area contributed by atoms with Gasteiger partial charge in [-0.3, -0.25) is 9.89 Å². The second-order valence-electron chi connectivity index (χ2n) is 5.50. The summed E-state index contributed by atoms with van der Waals surface area (Å²) in [5.74, 6) is 0.957. The van der Waals surface area contributed by atoms with Gasteiger partial charge in [-0.05, 0) is 56.3 Å². The maximum Gasteiger partial charge on any atom is 0.338 e. The third kappa shape index (κ3) is 3.33. The molecule has 0 aliphatic heterocycles. The first-order valence-electron chi connectivity index (χ1n) is 7.85. The van der Waals surface area contributed by atoms with E-state index in [0.717, 1.165) is 5.76 Å². The molecule has 25 heavy (non-hydrogen) atoms. The second-order valence-corrected chi connectivity index (χ2v) is 5.50. The number of carbonyl (C=O) groups excluding carboxylic acids is 1. The second kappa shape index (κ2) is 6.68. The molecule has 0 bridgehead atoms. The molecule has 0 atom stereocenters. The molecule has 3 rings (SSSR count). The summed E-state index contributed by atoms with van der Waals surface area (Å²) in [5, 5.41) is 3.83. The standard InChI is InChI=1S/C19H18N2O4/c1-4-24-19(23)14-6-8-15(9-7-14)21-18(22)17(13(3)20-21)11-16-10-5-12(2)25-16/h5-11,20H,3-4H2,1-2H3. The Morgan fingerprint density at radius 2 is 2.00 bits per heavy atom. The quantitative estimate of drug-likeness (QED) is 0.731. The molecule has 0 saturated heterocycles. The van der Waals surface area contributed by atoms with Crippen LogP contribution in [0.2, 0.25) is 0 Å². The number of ether oxygens (including phenoxy) is 1. The van der Waals surface area contributed by atoms with Gasteiger partial charge in [-0.15, -0.1) is 0 Å². The molecule has 2 heterocycles. The Bertz CT molecular complexity index is 1070. The van der Waals surface area contributed by atoms with Crippen LogP contribution in [0, 0.1) is 6.92 Å². The van der Waals surface area contributed by atoms with Gasteiger partial charge < -0.3 is 9.15 Å². The SMILES string of the molecule is C=c1[nH]n(-c2ccc(C(=O)OCC)cc2)c(=O)c1=Cc1ccc(C)o1. The number of aromatic nitrogens is 2. The minimum Gasteiger partial charge on any atom is -0.462 e. The monoisotopic (exact) mass is 338 g/mol. The van der Waals surface area contributed by atoms with Gasteiger partial charge in [-0.2, -0.15) is 0 Å². The number of nitrogens with one attached hydrogen (secondary N) is 1. The largest absolute Gasteiger partial charge is 0.462 e. The van der Waals surface area contributed by atoms with E-state index in [-0.39, 0.29) is 5.56 Å². The maximum absolute atomic E-state index is 12.6. The van der Waals surface area contributed by atoms with E-state index in [4.69, 9.17) is 9.15 Å². The zero-order valence-electron chi connectivity index (χ0n) is 14.0. The lowest BCUT2D eigenvalue weighted by Gasteiger charge is -2.04. The fourth-order valence-electron chi connectivity index (χ4n) is 2.46. The minimum absolute atomic E-state index is 0.247. The van der Waals surface area contributed by atoms with E-state index in [1.165, 1.54) is 4.68 Å². The van der Waals surface area contributed by atoms with Gasteiger partial charge in [0.05, 0.1) is 28.4 Å². The fourth-order valence-corrected chi connectivity index (χ4v) is 2.46. The fraction of sp³-hybridized carbons (Fsp3) is 0.158. The summed E-state index contributed by atoms with van der Waals surface area (Å²) in [4.78, 5) is 24.3. The van der Waals surface area contributed by atoms with Crippen LogP contribution in [0.15, 0.2) is 45.6 Å². The van der Waals surface area contributed by atoms with Crippen LogP contribution in [0.4, 0.5) is 0 Å². The molecule has 128 valence electrons. The van der Waals surface area contributed by atoms with Gasteiger partial charge in [0.1, 0.15) is 11.5 Å². The number of aromatic amines is 1. The molecule has 1 aromatic carbocycles. The Morgan fingerprint density at radius 1 is 1.28 bits per heavy atom. The van der Waals surface area contributed by atoms with Gasteiger partial charge >= 0.3 is 5.97 Å². The highest BCUT2D eigenvalue weighted by molar-refractivity contribution is 5.89. The highest BCUT2D eigenvalue weighted by Crippen LogP contribution is 2.08. The molecule has 0 amide bonds. The summed E-state index contributed by atoms with van der Waals surface area (Å²) in [7, 11) is 0. The molecule has 2 aromatic heterocycles. The number of furan rings is 1. The van der Waals surface area contributed by atoms with Crippen molar-refractivity contribution in [3.05, 3.63) is 74.4 Å². The van der Waals surface area contributed by atoms with Crippen molar-refractivity contribution in [3.63, 3.8) is 0 Å². The number of H-pyrrole nitrogens is 1. The van der Waals surface area contributed by atoms with Crippen molar-refractivity contribution >= 4 is 18.6 Å². The normalized spacial score (nSPS) is 11.7. The van der Waals surface area contributed by atoms with Crippen LogP contribution in [0.5, 0.6) is 0 Å². The summed E-state index contributed by atoms with van der Waals surface area (Å²) in [5.41, 5.74) is 0.777. The third-order valence-electron chi connectivity index (χ3n) is 3.69. The maximum atomic E-state index is 12.6. The smallest absolute Gasteiger partial charge is 0.338 e. The molecular weight excluding hydrogens is 320 g/mol. The van der Waals surface area contributed by atoms with E-state index in [1.54, 1.807) is 43.3 Å². The Morgan fingerprint density at radius 3 is 2.60 bits per heavy atom.